The van der Waals surface area contributed by atoms with Crippen LogP contribution in [0.2, 0.25) is 0 Å². The van der Waals surface area contributed by atoms with Crippen LogP contribution in [0.5, 0.6) is 5.75 Å². The van der Waals surface area contributed by atoms with Crippen molar-refractivity contribution in [2.45, 2.75) is 30.6 Å². The van der Waals surface area contributed by atoms with Crippen LogP contribution in [0.25, 0.3) is 10.9 Å². The molecule has 180 valence electrons. The van der Waals surface area contributed by atoms with Gasteiger partial charge >= 0.3 is 6.09 Å². The SMILES string of the molecule is COc1ccc(S(=O)(=O)N2Cc3c(c4ccccc4n3Cc3ccccc3)C[C@H]2OC(N)=O)cc1. The largest absolute Gasteiger partial charge is 0.497 e. The molecule has 1 aliphatic heterocycles. The van der Waals surface area contributed by atoms with E-state index in [0.717, 1.165) is 27.7 Å². The second kappa shape index (κ2) is 9.09. The molecule has 8 nitrogen and oxygen atoms in total. The Labute approximate surface area is 203 Å². The van der Waals surface area contributed by atoms with E-state index < -0.39 is 22.3 Å². The molecule has 0 saturated heterocycles. The molecular weight excluding hydrogens is 466 g/mol. The van der Waals surface area contributed by atoms with Crippen molar-refractivity contribution in [2.24, 2.45) is 5.73 Å². The molecule has 0 spiro atoms. The predicted octanol–water partition coefficient (Wildman–Crippen LogP) is 3.87. The van der Waals surface area contributed by atoms with Crippen molar-refractivity contribution in [3.05, 3.63) is 95.7 Å². The molecule has 0 fully saturated rings. The molecule has 4 aromatic rings. The molecule has 1 amide bonds. The van der Waals surface area contributed by atoms with Crippen molar-refractivity contribution in [1.29, 1.82) is 0 Å². The van der Waals surface area contributed by atoms with Gasteiger partial charge in [-0.1, -0.05) is 48.5 Å². The Bertz CT molecular complexity index is 1480. The number of hydrogen-bond donors (Lipinski definition) is 1. The molecule has 9 heteroatoms. The molecule has 0 unspecified atom stereocenters. The van der Waals surface area contributed by atoms with E-state index >= 15 is 0 Å². The van der Waals surface area contributed by atoms with E-state index in [9.17, 15) is 13.2 Å². The first-order valence-electron chi connectivity index (χ1n) is 11.1. The van der Waals surface area contributed by atoms with Crippen LogP contribution in [0.1, 0.15) is 16.8 Å². The highest BCUT2D eigenvalue weighted by molar-refractivity contribution is 7.89. The van der Waals surface area contributed by atoms with Crippen LogP contribution in [0, 0.1) is 0 Å². The lowest BCUT2D eigenvalue weighted by atomic mass is 10.0. The summed E-state index contributed by atoms with van der Waals surface area (Å²) in [5, 5.41) is 0.998. The zero-order chi connectivity index (χ0) is 24.6. The fourth-order valence-corrected chi connectivity index (χ4v) is 6.14. The molecule has 1 aliphatic rings. The number of rotatable bonds is 6. The summed E-state index contributed by atoms with van der Waals surface area (Å²) >= 11 is 0. The lowest BCUT2D eigenvalue weighted by molar-refractivity contribution is 0.0264. The van der Waals surface area contributed by atoms with Gasteiger partial charge in [0, 0.05) is 29.6 Å². The number of carbonyl (C=O) groups excluding carboxylic acids is 1. The fraction of sp³-hybridized carbons (Fsp3) is 0.192. The lowest BCUT2D eigenvalue weighted by Gasteiger charge is -2.34. The number of nitrogens with two attached hydrogens (primary N) is 1. The highest BCUT2D eigenvalue weighted by Gasteiger charge is 2.40. The minimum absolute atomic E-state index is 0.0309. The van der Waals surface area contributed by atoms with Crippen LogP contribution in [-0.4, -0.2) is 36.7 Å². The lowest BCUT2D eigenvalue weighted by Crippen LogP contribution is -2.47. The van der Waals surface area contributed by atoms with Crippen LogP contribution in [-0.2, 0) is 34.3 Å². The number of aromatic nitrogens is 1. The summed E-state index contributed by atoms with van der Waals surface area (Å²) in [5.41, 5.74) is 9.23. The van der Waals surface area contributed by atoms with Crippen LogP contribution >= 0.6 is 0 Å². The van der Waals surface area contributed by atoms with Gasteiger partial charge in [0.2, 0.25) is 10.0 Å². The van der Waals surface area contributed by atoms with Gasteiger partial charge in [-0.3, -0.25) is 0 Å². The highest BCUT2D eigenvalue weighted by Crippen LogP contribution is 2.36. The van der Waals surface area contributed by atoms with Crippen LogP contribution in [0.3, 0.4) is 0 Å². The number of nitrogens with zero attached hydrogens (tertiary/aromatic N) is 2. The second-order valence-electron chi connectivity index (χ2n) is 8.34. The Morgan fingerprint density at radius 2 is 1.69 bits per heavy atom. The number of para-hydroxylation sites is 1. The van der Waals surface area contributed by atoms with Crippen LogP contribution in [0.4, 0.5) is 4.79 Å². The number of fused-ring (bicyclic) bond motifs is 3. The number of sulfonamides is 1. The number of ether oxygens (including phenoxy) is 2. The molecular formula is C26H25N3O5S. The summed E-state index contributed by atoms with van der Waals surface area (Å²) in [4.78, 5) is 11.8. The van der Waals surface area contributed by atoms with E-state index in [0.29, 0.717) is 12.3 Å². The monoisotopic (exact) mass is 491 g/mol. The van der Waals surface area contributed by atoms with Gasteiger partial charge in [-0.2, -0.15) is 4.31 Å². The summed E-state index contributed by atoms with van der Waals surface area (Å²) in [7, 11) is -2.51. The van der Waals surface area contributed by atoms with Gasteiger partial charge in [0.25, 0.3) is 0 Å². The number of benzene rings is 3. The molecule has 1 aromatic heterocycles. The van der Waals surface area contributed by atoms with Crippen molar-refractivity contribution in [2.75, 3.05) is 7.11 Å². The molecule has 0 radical (unpaired) electrons. The van der Waals surface area contributed by atoms with Crippen LogP contribution in [0.15, 0.2) is 83.8 Å². The van der Waals surface area contributed by atoms with Crippen molar-refractivity contribution < 1.29 is 22.7 Å². The van der Waals surface area contributed by atoms with Gasteiger partial charge in [0.1, 0.15) is 5.75 Å². The minimum Gasteiger partial charge on any atom is -0.497 e. The third-order valence-corrected chi connectivity index (χ3v) is 8.15. The predicted molar refractivity (Wildman–Crippen MR) is 131 cm³/mol. The van der Waals surface area contributed by atoms with E-state index in [1.807, 2.05) is 54.6 Å². The molecule has 3 aromatic carbocycles. The third kappa shape index (κ3) is 4.24. The summed E-state index contributed by atoms with van der Waals surface area (Å²) in [6.07, 6.45) is -1.90. The Balaban J connectivity index is 1.63. The molecule has 1 atom stereocenters. The molecule has 0 aliphatic carbocycles. The fourth-order valence-electron chi connectivity index (χ4n) is 4.67. The zero-order valence-electron chi connectivity index (χ0n) is 19.1. The van der Waals surface area contributed by atoms with Crippen LogP contribution < -0.4 is 10.5 Å². The van der Waals surface area contributed by atoms with Gasteiger partial charge in [0.15, 0.2) is 6.23 Å². The zero-order valence-corrected chi connectivity index (χ0v) is 19.9. The maximum Gasteiger partial charge on any atom is 0.406 e. The first-order valence-corrected chi connectivity index (χ1v) is 12.6. The summed E-state index contributed by atoms with van der Waals surface area (Å²) in [6.45, 7) is 0.609. The number of methoxy groups -OCH3 is 1. The second-order valence-corrected chi connectivity index (χ2v) is 10.2. The molecule has 35 heavy (non-hydrogen) atoms. The van der Waals surface area contributed by atoms with Crippen molar-refractivity contribution in [1.82, 2.24) is 8.87 Å². The first-order chi connectivity index (χ1) is 16.9. The maximum atomic E-state index is 13.7. The van der Waals surface area contributed by atoms with Gasteiger partial charge in [-0.05, 0) is 41.5 Å². The van der Waals surface area contributed by atoms with E-state index in [4.69, 9.17) is 15.2 Å². The topological polar surface area (TPSA) is 104 Å². The molecule has 0 saturated carbocycles. The first kappa shape index (κ1) is 22.9. The number of amides is 1. The normalized spacial score (nSPS) is 16.1. The number of hydrogen-bond acceptors (Lipinski definition) is 5. The Morgan fingerprint density at radius 1 is 1.00 bits per heavy atom. The van der Waals surface area contributed by atoms with E-state index in [-0.39, 0.29) is 17.9 Å². The summed E-state index contributed by atoms with van der Waals surface area (Å²) in [5.74, 6) is 0.540. The molecule has 2 heterocycles. The van der Waals surface area contributed by atoms with E-state index in [1.165, 1.54) is 23.5 Å². The highest BCUT2D eigenvalue weighted by atomic mass is 32.2. The average molecular weight is 492 g/mol. The van der Waals surface area contributed by atoms with E-state index in [1.54, 1.807) is 12.1 Å². The Morgan fingerprint density at radius 3 is 2.37 bits per heavy atom. The van der Waals surface area contributed by atoms with E-state index in [2.05, 4.69) is 4.57 Å². The Kier molecular flexibility index (Phi) is 5.96. The smallest absolute Gasteiger partial charge is 0.406 e. The summed E-state index contributed by atoms with van der Waals surface area (Å²) in [6, 6.07) is 24.0. The van der Waals surface area contributed by atoms with Gasteiger partial charge in [0.05, 0.1) is 18.6 Å². The standard InChI is InChI=1S/C26H25N3O5S/c1-33-19-11-13-20(14-12-19)35(31,32)29-17-24-22(15-25(29)34-26(27)30)21-9-5-6-10-23(21)28(24)16-18-7-3-2-4-8-18/h2-14,25H,15-17H2,1H3,(H2,27,30)/t25-/m1/s1. The quantitative estimate of drug-likeness (QED) is 0.441. The molecule has 5 rings (SSSR count). The average Bonchev–Trinajstić information content (AvgIpc) is 3.16. The number of primary amides is 1. The Hall–Kier alpha value is -3.82. The van der Waals surface area contributed by atoms with Gasteiger partial charge in [-0.15, -0.1) is 0 Å². The number of carbonyl (C=O) groups is 1. The van der Waals surface area contributed by atoms with Crippen molar-refractivity contribution in [3.63, 3.8) is 0 Å². The summed E-state index contributed by atoms with van der Waals surface area (Å²) < 4.78 is 41.3. The minimum atomic E-state index is -4.02. The molecule has 2 N–H and O–H groups in total. The maximum absolute atomic E-state index is 13.7. The third-order valence-electron chi connectivity index (χ3n) is 6.30. The van der Waals surface area contributed by atoms with Gasteiger partial charge in [-0.25, -0.2) is 13.2 Å². The van der Waals surface area contributed by atoms with Gasteiger partial charge < -0.3 is 19.8 Å². The van der Waals surface area contributed by atoms with Crippen molar-refractivity contribution >= 4 is 27.0 Å². The van der Waals surface area contributed by atoms with Crippen molar-refractivity contribution in [3.8, 4) is 5.75 Å². The molecule has 0 bridgehead atoms.